The molecule has 2 atom stereocenters. The van der Waals surface area contributed by atoms with Crippen molar-refractivity contribution in [2.24, 2.45) is 0 Å². The maximum absolute atomic E-state index is 9.44. The molecule has 0 bridgehead atoms. The summed E-state index contributed by atoms with van der Waals surface area (Å²) in [7, 11) is 1.72. The van der Waals surface area contributed by atoms with Crippen LogP contribution in [0.3, 0.4) is 0 Å². The first-order valence-corrected chi connectivity index (χ1v) is 7.50. The number of aliphatic hydroxyl groups is 1. The van der Waals surface area contributed by atoms with E-state index < -0.39 is 0 Å². The number of nitrogens with zero attached hydrogens (tertiary/aromatic N) is 3. The maximum atomic E-state index is 9.44. The van der Waals surface area contributed by atoms with Gasteiger partial charge in [-0.1, -0.05) is 18.0 Å². The Labute approximate surface area is 119 Å². The fourth-order valence-electron chi connectivity index (χ4n) is 3.35. The Hall–Kier alpha value is -0.980. The maximum Gasteiger partial charge on any atom is 0.240 e. The smallest absolute Gasteiger partial charge is 0.240 e. The Morgan fingerprint density at radius 2 is 2.20 bits per heavy atom. The molecule has 1 N–H and O–H groups in total. The van der Waals surface area contributed by atoms with Crippen LogP contribution in [-0.2, 0) is 11.3 Å². The predicted molar refractivity (Wildman–Crippen MR) is 72.2 cm³/mol. The first-order chi connectivity index (χ1) is 9.80. The molecule has 0 radical (unpaired) electrons. The summed E-state index contributed by atoms with van der Waals surface area (Å²) in [5.74, 6) is 1.99. The fourth-order valence-corrected chi connectivity index (χ4v) is 3.35. The van der Waals surface area contributed by atoms with Crippen molar-refractivity contribution in [1.29, 1.82) is 0 Å². The van der Waals surface area contributed by atoms with Crippen LogP contribution in [0.15, 0.2) is 4.52 Å². The van der Waals surface area contributed by atoms with Gasteiger partial charge in [-0.05, 0) is 19.3 Å². The summed E-state index contributed by atoms with van der Waals surface area (Å²) in [6.07, 6.45) is 5.92. The van der Waals surface area contributed by atoms with Crippen molar-refractivity contribution in [2.75, 3.05) is 20.3 Å². The lowest BCUT2D eigenvalue weighted by Gasteiger charge is -2.19. The van der Waals surface area contributed by atoms with Crippen LogP contribution in [0.4, 0.5) is 0 Å². The highest BCUT2D eigenvalue weighted by Crippen LogP contribution is 2.32. The summed E-state index contributed by atoms with van der Waals surface area (Å²) in [5, 5.41) is 13.6. The Morgan fingerprint density at radius 3 is 2.90 bits per heavy atom. The van der Waals surface area contributed by atoms with Gasteiger partial charge >= 0.3 is 0 Å². The zero-order valence-corrected chi connectivity index (χ0v) is 12.0. The molecule has 1 aromatic heterocycles. The molecule has 20 heavy (non-hydrogen) atoms. The number of hydrogen-bond donors (Lipinski definition) is 1. The summed E-state index contributed by atoms with van der Waals surface area (Å²) in [4.78, 5) is 6.70. The van der Waals surface area contributed by atoms with Crippen molar-refractivity contribution in [2.45, 2.75) is 56.7 Å². The zero-order chi connectivity index (χ0) is 13.9. The van der Waals surface area contributed by atoms with Gasteiger partial charge in [-0.15, -0.1) is 0 Å². The molecule has 2 aliphatic rings. The molecule has 1 aliphatic carbocycles. The topological polar surface area (TPSA) is 71.6 Å². The Bertz CT molecular complexity index is 431. The predicted octanol–water partition coefficient (Wildman–Crippen LogP) is 1.31. The molecular formula is C14H23N3O3. The van der Waals surface area contributed by atoms with Crippen LogP contribution in [0.5, 0.6) is 0 Å². The number of ether oxygens (including phenoxy) is 1. The largest absolute Gasteiger partial charge is 0.395 e. The number of methoxy groups -OCH3 is 1. The van der Waals surface area contributed by atoms with Crippen LogP contribution in [0, 0.1) is 0 Å². The minimum absolute atomic E-state index is 0.127. The van der Waals surface area contributed by atoms with Crippen LogP contribution in [-0.4, -0.2) is 52.6 Å². The average Bonchev–Trinajstić information content (AvgIpc) is 3.19. The van der Waals surface area contributed by atoms with Crippen LogP contribution < -0.4 is 0 Å². The van der Waals surface area contributed by atoms with Crippen molar-refractivity contribution in [3.05, 3.63) is 11.7 Å². The van der Waals surface area contributed by atoms with E-state index in [1.165, 1.54) is 25.7 Å². The SMILES string of the molecule is CO[C@H]1C[C@@H](CO)N(Cc2nc(C3CCCC3)no2)C1. The van der Waals surface area contributed by atoms with E-state index in [9.17, 15) is 5.11 Å². The first kappa shape index (κ1) is 14.0. The third-order valence-corrected chi connectivity index (χ3v) is 4.58. The molecule has 6 heteroatoms. The van der Waals surface area contributed by atoms with Gasteiger partial charge in [-0.2, -0.15) is 4.98 Å². The van der Waals surface area contributed by atoms with Gasteiger partial charge in [0.2, 0.25) is 5.89 Å². The standard InChI is InChI=1S/C14H23N3O3/c1-19-12-6-11(9-18)17(7-12)8-13-15-14(16-20-13)10-4-2-3-5-10/h10-12,18H,2-9H2,1H3/t11-,12-/m0/s1. The number of rotatable bonds is 5. The molecule has 2 fully saturated rings. The minimum Gasteiger partial charge on any atom is -0.395 e. The second kappa shape index (κ2) is 6.20. The van der Waals surface area contributed by atoms with Crippen molar-refractivity contribution < 1.29 is 14.4 Å². The minimum atomic E-state index is 0.127. The molecule has 0 amide bonds. The number of aliphatic hydroxyl groups excluding tert-OH is 1. The van der Waals surface area contributed by atoms with Gasteiger partial charge in [0.25, 0.3) is 0 Å². The van der Waals surface area contributed by atoms with Gasteiger partial charge in [0.1, 0.15) is 0 Å². The summed E-state index contributed by atoms with van der Waals surface area (Å²) in [6.45, 7) is 1.55. The second-order valence-corrected chi connectivity index (χ2v) is 5.89. The Kier molecular flexibility index (Phi) is 4.33. The molecule has 1 saturated heterocycles. The zero-order valence-electron chi connectivity index (χ0n) is 12.0. The molecule has 1 aromatic rings. The fraction of sp³-hybridized carbons (Fsp3) is 0.857. The van der Waals surface area contributed by atoms with E-state index in [1.54, 1.807) is 7.11 Å². The first-order valence-electron chi connectivity index (χ1n) is 7.50. The molecule has 2 heterocycles. The molecule has 6 nitrogen and oxygen atoms in total. The quantitative estimate of drug-likeness (QED) is 0.877. The van der Waals surface area contributed by atoms with Gasteiger partial charge in [-0.25, -0.2) is 0 Å². The molecule has 1 saturated carbocycles. The summed E-state index contributed by atoms with van der Waals surface area (Å²) < 4.78 is 10.8. The van der Waals surface area contributed by atoms with Gasteiger partial charge in [-0.3, -0.25) is 4.90 Å². The van der Waals surface area contributed by atoms with E-state index in [1.807, 2.05) is 0 Å². The lowest BCUT2D eigenvalue weighted by Crippen LogP contribution is -2.32. The van der Waals surface area contributed by atoms with Crippen molar-refractivity contribution >= 4 is 0 Å². The van der Waals surface area contributed by atoms with Crippen LogP contribution >= 0.6 is 0 Å². The lowest BCUT2D eigenvalue weighted by molar-refractivity contribution is 0.104. The van der Waals surface area contributed by atoms with Gasteiger partial charge in [0.15, 0.2) is 5.82 Å². The van der Waals surface area contributed by atoms with E-state index in [0.717, 1.165) is 18.8 Å². The van der Waals surface area contributed by atoms with E-state index >= 15 is 0 Å². The molecular weight excluding hydrogens is 258 g/mol. The second-order valence-electron chi connectivity index (χ2n) is 5.89. The Morgan fingerprint density at radius 1 is 1.40 bits per heavy atom. The Balaban J connectivity index is 1.62. The van der Waals surface area contributed by atoms with E-state index in [2.05, 4.69) is 15.0 Å². The summed E-state index contributed by atoms with van der Waals surface area (Å²) >= 11 is 0. The van der Waals surface area contributed by atoms with Crippen molar-refractivity contribution in [3.8, 4) is 0 Å². The summed E-state index contributed by atoms with van der Waals surface area (Å²) in [6, 6.07) is 0.127. The highest BCUT2D eigenvalue weighted by molar-refractivity contribution is 4.98. The molecule has 0 spiro atoms. The van der Waals surface area contributed by atoms with E-state index in [-0.39, 0.29) is 18.8 Å². The van der Waals surface area contributed by atoms with E-state index in [0.29, 0.717) is 18.4 Å². The molecule has 0 aromatic carbocycles. The third kappa shape index (κ3) is 2.87. The lowest BCUT2D eigenvalue weighted by atomic mass is 10.1. The van der Waals surface area contributed by atoms with Gasteiger partial charge in [0, 0.05) is 25.6 Å². The van der Waals surface area contributed by atoms with Crippen molar-refractivity contribution in [1.82, 2.24) is 15.0 Å². The van der Waals surface area contributed by atoms with Crippen LogP contribution in [0.1, 0.15) is 49.7 Å². The number of hydrogen-bond acceptors (Lipinski definition) is 6. The monoisotopic (exact) mass is 281 g/mol. The third-order valence-electron chi connectivity index (χ3n) is 4.58. The van der Waals surface area contributed by atoms with Gasteiger partial charge in [0.05, 0.1) is 19.3 Å². The van der Waals surface area contributed by atoms with Gasteiger partial charge < -0.3 is 14.4 Å². The number of aromatic nitrogens is 2. The normalized spacial score (nSPS) is 28.5. The molecule has 0 unspecified atom stereocenters. The highest BCUT2D eigenvalue weighted by Gasteiger charge is 2.33. The van der Waals surface area contributed by atoms with Crippen LogP contribution in [0.2, 0.25) is 0 Å². The molecule has 1 aliphatic heterocycles. The number of likely N-dealkylation sites (tertiary alicyclic amines) is 1. The molecule has 112 valence electrons. The highest BCUT2D eigenvalue weighted by atomic mass is 16.5. The molecule has 3 rings (SSSR count). The van der Waals surface area contributed by atoms with E-state index in [4.69, 9.17) is 9.26 Å². The average molecular weight is 281 g/mol. The summed E-state index contributed by atoms with van der Waals surface area (Å²) in [5.41, 5.74) is 0. The van der Waals surface area contributed by atoms with Crippen molar-refractivity contribution in [3.63, 3.8) is 0 Å². The van der Waals surface area contributed by atoms with Crippen LogP contribution in [0.25, 0.3) is 0 Å².